The fraction of sp³-hybridized carbons (Fsp3) is 0.111. The summed E-state index contributed by atoms with van der Waals surface area (Å²) in [6.45, 7) is 0.455. The van der Waals surface area contributed by atoms with E-state index in [0.717, 1.165) is 5.69 Å². The largest absolute Gasteiger partial charge is 0.383 e. The Morgan fingerprint density at radius 1 is 1.53 bits per heavy atom. The molecule has 0 fully saturated rings. The number of rotatable bonds is 4. The van der Waals surface area contributed by atoms with Gasteiger partial charge in [-0.2, -0.15) is 0 Å². The molecule has 0 aliphatic rings. The summed E-state index contributed by atoms with van der Waals surface area (Å²) in [7, 11) is 0. The molecule has 0 saturated carbocycles. The predicted octanol–water partition coefficient (Wildman–Crippen LogP) is 1.64. The number of thiazole rings is 1. The third-order valence-electron chi connectivity index (χ3n) is 1.97. The van der Waals surface area contributed by atoms with Crippen molar-refractivity contribution in [3.63, 3.8) is 0 Å². The molecule has 7 nitrogen and oxygen atoms in total. The van der Waals surface area contributed by atoms with Gasteiger partial charge in [0.15, 0.2) is 0 Å². The number of anilines is 2. The van der Waals surface area contributed by atoms with Crippen LogP contribution in [0.5, 0.6) is 0 Å². The van der Waals surface area contributed by atoms with E-state index in [4.69, 9.17) is 5.73 Å². The van der Waals surface area contributed by atoms with Crippen LogP contribution in [-0.2, 0) is 6.54 Å². The minimum Gasteiger partial charge on any atom is -0.383 e. The van der Waals surface area contributed by atoms with E-state index in [0.29, 0.717) is 12.4 Å². The SMILES string of the molecule is Nc1cc([N+](=O)[O-])cc(NCc2cscn2)n1. The maximum Gasteiger partial charge on any atom is 0.276 e. The first kappa shape index (κ1) is 11.3. The zero-order valence-corrected chi connectivity index (χ0v) is 9.48. The minimum absolute atomic E-state index is 0.0849. The van der Waals surface area contributed by atoms with Gasteiger partial charge in [-0.1, -0.05) is 0 Å². The van der Waals surface area contributed by atoms with Crippen molar-refractivity contribution in [3.05, 3.63) is 38.8 Å². The molecular formula is C9H9N5O2S. The summed E-state index contributed by atoms with van der Waals surface area (Å²) in [6, 6.07) is 2.55. The Labute approximate surface area is 100 Å². The monoisotopic (exact) mass is 251 g/mol. The summed E-state index contributed by atoms with van der Waals surface area (Å²) in [4.78, 5) is 18.1. The molecule has 0 atom stereocenters. The molecule has 0 radical (unpaired) electrons. The molecule has 0 amide bonds. The second kappa shape index (κ2) is 4.74. The van der Waals surface area contributed by atoms with Crippen LogP contribution in [0, 0.1) is 10.1 Å². The third-order valence-corrected chi connectivity index (χ3v) is 2.61. The van der Waals surface area contributed by atoms with Gasteiger partial charge in [-0.3, -0.25) is 10.1 Å². The first-order valence-corrected chi connectivity index (χ1v) is 5.62. The van der Waals surface area contributed by atoms with Crippen LogP contribution >= 0.6 is 11.3 Å². The second-order valence-corrected chi connectivity index (χ2v) is 3.94. The summed E-state index contributed by atoms with van der Waals surface area (Å²) in [5.74, 6) is 0.477. The highest BCUT2D eigenvalue weighted by Crippen LogP contribution is 2.19. The van der Waals surface area contributed by atoms with E-state index >= 15 is 0 Å². The predicted molar refractivity (Wildman–Crippen MR) is 64.7 cm³/mol. The van der Waals surface area contributed by atoms with Gasteiger partial charge < -0.3 is 11.1 Å². The van der Waals surface area contributed by atoms with E-state index in [1.54, 1.807) is 5.51 Å². The molecule has 2 heterocycles. The summed E-state index contributed by atoms with van der Waals surface area (Å²) < 4.78 is 0. The Hall–Kier alpha value is -2.22. The van der Waals surface area contributed by atoms with Crippen LogP contribution < -0.4 is 11.1 Å². The molecule has 2 aromatic heterocycles. The Kier molecular flexibility index (Phi) is 3.15. The molecule has 0 saturated heterocycles. The van der Waals surface area contributed by atoms with Crippen LogP contribution in [0.3, 0.4) is 0 Å². The van der Waals surface area contributed by atoms with Crippen molar-refractivity contribution in [2.24, 2.45) is 0 Å². The van der Waals surface area contributed by atoms with Gasteiger partial charge >= 0.3 is 0 Å². The smallest absolute Gasteiger partial charge is 0.276 e. The standard InChI is InChI=1S/C9H9N5O2S/c10-8-1-7(14(15)16)2-9(13-8)11-3-6-4-17-5-12-6/h1-2,4-5H,3H2,(H3,10,11,13). The molecule has 3 N–H and O–H groups in total. The number of hydrogen-bond donors (Lipinski definition) is 2. The molecule has 0 unspecified atom stereocenters. The van der Waals surface area contributed by atoms with Gasteiger partial charge in [0, 0.05) is 5.38 Å². The van der Waals surface area contributed by atoms with Crippen molar-refractivity contribution < 1.29 is 4.92 Å². The van der Waals surface area contributed by atoms with Crippen LogP contribution in [0.4, 0.5) is 17.3 Å². The first-order valence-electron chi connectivity index (χ1n) is 4.68. The van der Waals surface area contributed by atoms with Crippen molar-refractivity contribution in [3.8, 4) is 0 Å². The lowest BCUT2D eigenvalue weighted by molar-refractivity contribution is -0.384. The number of nitrogens with one attached hydrogen (secondary N) is 1. The molecule has 2 rings (SSSR count). The quantitative estimate of drug-likeness (QED) is 0.631. The van der Waals surface area contributed by atoms with E-state index in [-0.39, 0.29) is 11.5 Å². The zero-order chi connectivity index (χ0) is 12.3. The van der Waals surface area contributed by atoms with Gasteiger partial charge in [-0.15, -0.1) is 11.3 Å². The van der Waals surface area contributed by atoms with E-state index in [2.05, 4.69) is 15.3 Å². The summed E-state index contributed by atoms with van der Waals surface area (Å²) in [6.07, 6.45) is 0. The topological polar surface area (TPSA) is 107 Å². The lowest BCUT2D eigenvalue weighted by atomic mass is 10.3. The highest BCUT2D eigenvalue weighted by atomic mass is 32.1. The molecule has 0 aromatic carbocycles. The molecule has 0 spiro atoms. The molecule has 2 aromatic rings. The number of nitrogens with zero attached hydrogens (tertiary/aromatic N) is 3. The molecule has 17 heavy (non-hydrogen) atoms. The van der Waals surface area contributed by atoms with Gasteiger partial charge in [0.2, 0.25) is 0 Å². The van der Waals surface area contributed by atoms with Gasteiger partial charge in [0.05, 0.1) is 34.8 Å². The van der Waals surface area contributed by atoms with E-state index < -0.39 is 4.92 Å². The number of nitrogens with two attached hydrogens (primary N) is 1. The van der Waals surface area contributed by atoms with Gasteiger partial charge in [0.25, 0.3) is 5.69 Å². The van der Waals surface area contributed by atoms with Crippen LogP contribution in [0.2, 0.25) is 0 Å². The van der Waals surface area contributed by atoms with E-state index in [9.17, 15) is 10.1 Å². The van der Waals surface area contributed by atoms with Crippen LogP contribution in [0.1, 0.15) is 5.69 Å². The number of pyridine rings is 1. The number of nitro groups is 1. The Balaban J connectivity index is 2.13. The maximum absolute atomic E-state index is 10.6. The number of hydrogen-bond acceptors (Lipinski definition) is 7. The first-order chi connectivity index (χ1) is 8.15. The average molecular weight is 251 g/mol. The number of nitrogen functional groups attached to an aromatic ring is 1. The minimum atomic E-state index is -0.508. The molecule has 88 valence electrons. The molecule has 0 aliphatic heterocycles. The zero-order valence-electron chi connectivity index (χ0n) is 8.66. The van der Waals surface area contributed by atoms with Crippen LogP contribution in [0.25, 0.3) is 0 Å². The Morgan fingerprint density at radius 2 is 2.35 bits per heavy atom. The second-order valence-electron chi connectivity index (χ2n) is 3.23. The van der Waals surface area contributed by atoms with Crippen molar-refractivity contribution in [2.75, 3.05) is 11.1 Å². The Morgan fingerprint density at radius 3 is 3.00 bits per heavy atom. The van der Waals surface area contributed by atoms with Crippen LogP contribution in [-0.4, -0.2) is 14.9 Å². The summed E-state index contributed by atoms with van der Waals surface area (Å²) >= 11 is 1.48. The number of aromatic nitrogens is 2. The highest BCUT2D eigenvalue weighted by Gasteiger charge is 2.09. The van der Waals surface area contributed by atoms with Crippen molar-refractivity contribution in [1.82, 2.24) is 9.97 Å². The van der Waals surface area contributed by atoms with Crippen molar-refractivity contribution in [1.29, 1.82) is 0 Å². The van der Waals surface area contributed by atoms with Crippen molar-refractivity contribution in [2.45, 2.75) is 6.54 Å². The summed E-state index contributed by atoms with van der Waals surface area (Å²) in [5.41, 5.74) is 7.96. The normalized spacial score (nSPS) is 10.1. The fourth-order valence-corrected chi connectivity index (χ4v) is 1.80. The summed E-state index contributed by atoms with van der Waals surface area (Å²) in [5, 5.41) is 15.4. The lowest BCUT2D eigenvalue weighted by Crippen LogP contribution is -2.04. The van der Waals surface area contributed by atoms with Gasteiger partial charge in [0.1, 0.15) is 11.6 Å². The average Bonchev–Trinajstić information content (AvgIpc) is 2.78. The van der Waals surface area contributed by atoms with Crippen LogP contribution in [0.15, 0.2) is 23.0 Å². The van der Waals surface area contributed by atoms with Crippen molar-refractivity contribution >= 4 is 28.7 Å². The molecule has 0 bridgehead atoms. The fourth-order valence-electron chi connectivity index (χ4n) is 1.24. The highest BCUT2D eigenvalue weighted by molar-refractivity contribution is 7.07. The third kappa shape index (κ3) is 2.88. The molecular weight excluding hydrogens is 242 g/mol. The molecule has 0 aliphatic carbocycles. The van der Waals surface area contributed by atoms with Gasteiger partial charge in [-0.25, -0.2) is 9.97 Å². The van der Waals surface area contributed by atoms with Gasteiger partial charge in [-0.05, 0) is 0 Å². The maximum atomic E-state index is 10.6. The molecule has 8 heteroatoms. The lowest BCUT2D eigenvalue weighted by Gasteiger charge is -2.04. The Bertz CT molecular complexity index is 528. The van der Waals surface area contributed by atoms with E-state index in [1.807, 2.05) is 5.38 Å². The van der Waals surface area contributed by atoms with E-state index in [1.165, 1.54) is 23.5 Å².